The van der Waals surface area contributed by atoms with Crippen molar-refractivity contribution in [1.29, 1.82) is 0 Å². The molecule has 0 amide bonds. The van der Waals surface area contributed by atoms with Gasteiger partial charge in [-0.15, -0.1) is 12.4 Å². The van der Waals surface area contributed by atoms with Crippen molar-refractivity contribution in [3.8, 4) is 0 Å². The van der Waals surface area contributed by atoms with Crippen molar-refractivity contribution in [2.24, 2.45) is 0 Å². The summed E-state index contributed by atoms with van der Waals surface area (Å²) in [5.74, 6) is 0. The van der Waals surface area contributed by atoms with Gasteiger partial charge in [-0.2, -0.15) is 0 Å². The van der Waals surface area contributed by atoms with Crippen LogP contribution < -0.4 is 10.6 Å². The molecule has 0 saturated heterocycles. The van der Waals surface area contributed by atoms with Crippen LogP contribution in [0.3, 0.4) is 0 Å². The first-order valence-electron chi connectivity index (χ1n) is 4.55. The Morgan fingerprint density at radius 3 is 1.38 bits per heavy atom. The standard InChI is InChI=1S/C8H20N2O2.ClH/c11-7-5-9-3-1-2-4-10-6-8-12;/h9-12H,1-8H2;1H. The van der Waals surface area contributed by atoms with Crippen LogP contribution in [-0.2, 0) is 0 Å². The van der Waals surface area contributed by atoms with Crippen LogP contribution in [0.15, 0.2) is 0 Å². The average Bonchev–Trinajstić information content (AvgIpc) is 2.10. The van der Waals surface area contributed by atoms with Gasteiger partial charge in [0.2, 0.25) is 0 Å². The van der Waals surface area contributed by atoms with Crippen LogP contribution in [0.5, 0.6) is 0 Å². The molecular formula is C8H21ClN2O2. The van der Waals surface area contributed by atoms with E-state index in [1.165, 1.54) is 0 Å². The molecule has 0 aliphatic heterocycles. The first-order chi connectivity index (χ1) is 5.91. The van der Waals surface area contributed by atoms with E-state index in [0.29, 0.717) is 13.1 Å². The van der Waals surface area contributed by atoms with E-state index in [0.717, 1.165) is 25.9 Å². The molecule has 4 nitrogen and oxygen atoms in total. The van der Waals surface area contributed by atoms with Gasteiger partial charge in [0.25, 0.3) is 0 Å². The van der Waals surface area contributed by atoms with E-state index in [9.17, 15) is 0 Å². The van der Waals surface area contributed by atoms with Gasteiger partial charge in [0, 0.05) is 13.1 Å². The highest BCUT2D eigenvalue weighted by atomic mass is 35.5. The minimum atomic E-state index is 0. The lowest BCUT2D eigenvalue weighted by Crippen LogP contribution is -2.22. The van der Waals surface area contributed by atoms with Crippen molar-refractivity contribution in [2.45, 2.75) is 12.8 Å². The minimum Gasteiger partial charge on any atom is -0.395 e. The summed E-state index contributed by atoms with van der Waals surface area (Å²) in [6, 6.07) is 0. The summed E-state index contributed by atoms with van der Waals surface area (Å²) in [6.07, 6.45) is 2.22. The van der Waals surface area contributed by atoms with E-state index in [4.69, 9.17) is 10.2 Å². The summed E-state index contributed by atoms with van der Waals surface area (Å²) in [4.78, 5) is 0. The van der Waals surface area contributed by atoms with Gasteiger partial charge in [-0.05, 0) is 25.9 Å². The third-order valence-electron chi connectivity index (χ3n) is 1.53. The summed E-state index contributed by atoms with van der Waals surface area (Å²) in [6.45, 7) is 3.71. The number of rotatable bonds is 9. The lowest BCUT2D eigenvalue weighted by Gasteiger charge is -2.03. The zero-order chi connectivity index (χ0) is 9.07. The minimum absolute atomic E-state index is 0. The first kappa shape index (κ1) is 15.6. The molecule has 0 aromatic heterocycles. The van der Waals surface area contributed by atoms with E-state index in [2.05, 4.69) is 10.6 Å². The third-order valence-corrected chi connectivity index (χ3v) is 1.53. The topological polar surface area (TPSA) is 64.5 Å². The Labute approximate surface area is 86.1 Å². The van der Waals surface area contributed by atoms with E-state index in [-0.39, 0.29) is 25.6 Å². The number of halogens is 1. The van der Waals surface area contributed by atoms with Gasteiger partial charge >= 0.3 is 0 Å². The molecule has 0 aliphatic rings. The van der Waals surface area contributed by atoms with Crippen LogP contribution in [0, 0.1) is 0 Å². The Morgan fingerprint density at radius 1 is 0.692 bits per heavy atom. The predicted octanol–water partition coefficient (Wildman–Crippen LogP) is -0.648. The molecular weight excluding hydrogens is 192 g/mol. The van der Waals surface area contributed by atoms with Crippen LogP contribution in [0.2, 0.25) is 0 Å². The van der Waals surface area contributed by atoms with Crippen molar-refractivity contribution in [1.82, 2.24) is 10.6 Å². The summed E-state index contributed by atoms with van der Waals surface area (Å²) >= 11 is 0. The van der Waals surface area contributed by atoms with Crippen molar-refractivity contribution in [2.75, 3.05) is 39.4 Å². The molecule has 13 heavy (non-hydrogen) atoms. The SMILES string of the molecule is Cl.OCCNCCCCNCCO. The Hall–Kier alpha value is 0.130. The fourth-order valence-electron chi connectivity index (χ4n) is 0.908. The monoisotopic (exact) mass is 212 g/mol. The van der Waals surface area contributed by atoms with E-state index in [1.807, 2.05) is 0 Å². The molecule has 0 bridgehead atoms. The molecule has 4 N–H and O–H groups in total. The maximum Gasteiger partial charge on any atom is 0.0555 e. The van der Waals surface area contributed by atoms with Gasteiger partial charge in [0.1, 0.15) is 0 Å². The maximum absolute atomic E-state index is 8.44. The van der Waals surface area contributed by atoms with E-state index >= 15 is 0 Å². The summed E-state index contributed by atoms with van der Waals surface area (Å²) < 4.78 is 0. The molecule has 0 aliphatic carbocycles. The van der Waals surface area contributed by atoms with Crippen LogP contribution in [0.25, 0.3) is 0 Å². The second-order valence-electron chi connectivity index (χ2n) is 2.65. The molecule has 0 atom stereocenters. The number of aliphatic hydroxyl groups is 2. The highest BCUT2D eigenvalue weighted by Gasteiger charge is 1.88. The molecule has 0 rings (SSSR count). The molecule has 0 heterocycles. The largest absolute Gasteiger partial charge is 0.395 e. The molecule has 0 unspecified atom stereocenters. The number of hydrogen-bond acceptors (Lipinski definition) is 4. The summed E-state index contributed by atoms with van der Waals surface area (Å²) in [7, 11) is 0. The lowest BCUT2D eigenvalue weighted by molar-refractivity contribution is 0.289. The second-order valence-corrected chi connectivity index (χ2v) is 2.65. The van der Waals surface area contributed by atoms with Gasteiger partial charge in [0.15, 0.2) is 0 Å². The zero-order valence-corrected chi connectivity index (χ0v) is 8.78. The predicted molar refractivity (Wildman–Crippen MR) is 56.4 cm³/mol. The molecule has 0 fully saturated rings. The summed E-state index contributed by atoms with van der Waals surface area (Å²) in [5.41, 5.74) is 0. The lowest BCUT2D eigenvalue weighted by atomic mass is 10.3. The smallest absolute Gasteiger partial charge is 0.0555 e. The van der Waals surface area contributed by atoms with Crippen LogP contribution in [-0.4, -0.2) is 49.6 Å². The van der Waals surface area contributed by atoms with Crippen molar-refractivity contribution in [3.05, 3.63) is 0 Å². The maximum atomic E-state index is 8.44. The number of nitrogens with one attached hydrogen (secondary N) is 2. The van der Waals surface area contributed by atoms with Crippen LogP contribution in [0.1, 0.15) is 12.8 Å². The van der Waals surface area contributed by atoms with Gasteiger partial charge < -0.3 is 20.8 Å². The Balaban J connectivity index is 0. The zero-order valence-electron chi connectivity index (χ0n) is 7.96. The third kappa shape index (κ3) is 14.9. The van der Waals surface area contributed by atoms with Crippen molar-refractivity contribution < 1.29 is 10.2 Å². The number of unbranched alkanes of at least 4 members (excludes halogenated alkanes) is 1. The first-order valence-corrected chi connectivity index (χ1v) is 4.55. The Kier molecular flexibility index (Phi) is 17.6. The quantitative estimate of drug-likeness (QED) is 0.384. The average molecular weight is 213 g/mol. The van der Waals surface area contributed by atoms with E-state index < -0.39 is 0 Å². The summed E-state index contributed by atoms with van der Waals surface area (Å²) in [5, 5.41) is 23.1. The van der Waals surface area contributed by atoms with Gasteiger partial charge in [0.05, 0.1) is 13.2 Å². The van der Waals surface area contributed by atoms with Crippen molar-refractivity contribution >= 4 is 12.4 Å². The second kappa shape index (κ2) is 14.6. The molecule has 0 saturated carbocycles. The fourth-order valence-corrected chi connectivity index (χ4v) is 0.908. The van der Waals surface area contributed by atoms with Crippen LogP contribution in [0.4, 0.5) is 0 Å². The molecule has 0 spiro atoms. The highest BCUT2D eigenvalue weighted by Crippen LogP contribution is 1.83. The molecule has 5 heteroatoms. The highest BCUT2D eigenvalue weighted by molar-refractivity contribution is 5.85. The Morgan fingerprint density at radius 2 is 1.08 bits per heavy atom. The molecule has 0 aromatic carbocycles. The van der Waals surface area contributed by atoms with Gasteiger partial charge in [-0.3, -0.25) is 0 Å². The molecule has 0 radical (unpaired) electrons. The molecule has 82 valence electrons. The number of hydrogen-bond donors (Lipinski definition) is 4. The fraction of sp³-hybridized carbons (Fsp3) is 1.00. The van der Waals surface area contributed by atoms with E-state index in [1.54, 1.807) is 0 Å². The normalized spacial score (nSPS) is 9.69. The Bertz CT molecular complexity index is 76.5. The molecule has 0 aromatic rings. The van der Waals surface area contributed by atoms with Gasteiger partial charge in [-0.1, -0.05) is 0 Å². The van der Waals surface area contributed by atoms with Gasteiger partial charge in [-0.25, -0.2) is 0 Å². The number of aliphatic hydroxyl groups excluding tert-OH is 2. The van der Waals surface area contributed by atoms with Crippen molar-refractivity contribution in [3.63, 3.8) is 0 Å². The van der Waals surface area contributed by atoms with Crippen LogP contribution >= 0.6 is 12.4 Å².